The van der Waals surface area contributed by atoms with Crippen molar-refractivity contribution in [2.45, 2.75) is 13.3 Å². The van der Waals surface area contributed by atoms with Crippen LogP contribution in [0.15, 0.2) is 42.5 Å². The number of carbonyl (C=O) groups is 3. The Morgan fingerprint density at radius 2 is 1.88 bits per heavy atom. The zero-order valence-corrected chi connectivity index (χ0v) is 14.0. The van der Waals surface area contributed by atoms with E-state index in [2.05, 4.69) is 5.32 Å². The first-order valence-corrected chi connectivity index (χ1v) is 7.90. The number of rotatable bonds is 3. The molecule has 0 saturated heterocycles. The van der Waals surface area contributed by atoms with Gasteiger partial charge in [0.15, 0.2) is 0 Å². The minimum Gasteiger partial charge on any atom is -0.465 e. The van der Waals surface area contributed by atoms with Crippen LogP contribution in [0.2, 0.25) is 0 Å². The molecule has 3 rings (SSSR count). The number of esters is 1. The molecule has 25 heavy (non-hydrogen) atoms. The summed E-state index contributed by atoms with van der Waals surface area (Å²) in [6.07, 6.45) is 0.678. The van der Waals surface area contributed by atoms with Crippen LogP contribution in [0, 0.1) is 0 Å². The van der Waals surface area contributed by atoms with Crippen LogP contribution >= 0.6 is 0 Å². The van der Waals surface area contributed by atoms with Gasteiger partial charge in [-0.2, -0.15) is 0 Å². The average Bonchev–Trinajstić information content (AvgIpc) is 3.03. The predicted octanol–water partition coefficient (Wildman–Crippen LogP) is 2.63. The second-order valence-corrected chi connectivity index (χ2v) is 5.80. The largest absolute Gasteiger partial charge is 0.465 e. The first-order valence-electron chi connectivity index (χ1n) is 7.90. The number of fused-ring (bicyclic) bond motifs is 1. The summed E-state index contributed by atoms with van der Waals surface area (Å²) in [5.74, 6) is -0.723. The minimum atomic E-state index is -0.393. The van der Waals surface area contributed by atoms with Crippen LogP contribution in [-0.2, 0) is 16.0 Å². The Morgan fingerprint density at radius 3 is 2.60 bits per heavy atom. The normalized spacial score (nSPS) is 12.5. The molecule has 6 nitrogen and oxygen atoms in total. The van der Waals surface area contributed by atoms with Crippen molar-refractivity contribution < 1.29 is 19.1 Å². The van der Waals surface area contributed by atoms with Crippen LogP contribution in [0.5, 0.6) is 0 Å². The summed E-state index contributed by atoms with van der Waals surface area (Å²) in [6.45, 7) is 1.97. The number of nitrogens with zero attached hydrogens (tertiary/aromatic N) is 1. The lowest BCUT2D eigenvalue weighted by molar-refractivity contribution is -0.114. The lowest BCUT2D eigenvalue weighted by Crippen LogP contribution is -2.29. The van der Waals surface area contributed by atoms with Gasteiger partial charge in [-0.3, -0.25) is 9.59 Å². The van der Waals surface area contributed by atoms with Gasteiger partial charge in [0.2, 0.25) is 5.91 Å². The van der Waals surface area contributed by atoms with Gasteiger partial charge in [0, 0.05) is 30.4 Å². The standard InChI is InChI=1S/C19H18N2O4/c1-12(22)20-16-5-3-4-14(11-16)18(23)21-9-8-13-10-15(19(24)25-2)6-7-17(13)21/h3-7,10-11H,8-9H2,1-2H3,(H,20,22). The third-order valence-electron chi connectivity index (χ3n) is 4.07. The van der Waals surface area contributed by atoms with Crippen LogP contribution in [-0.4, -0.2) is 31.4 Å². The molecule has 0 spiro atoms. The van der Waals surface area contributed by atoms with Gasteiger partial charge >= 0.3 is 5.97 Å². The molecule has 0 atom stereocenters. The van der Waals surface area contributed by atoms with Crippen molar-refractivity contribution in [2.75, 3.05) is 23.9 Å². The minimum absolute atomic E-state index is 0.142. The van der Waals surface area contributed by atoms with E-state index in [9.17, 15) is 14.4 Å². The number of ether oxygens (including phenoxy) is 1. The first kappa shape index (κ1) is 16.7. The summed E-state index contributed by atoms with van der Waals surface area (Å²) >= 11 is 0. The Balaban J connectivity index is 1.86. The van der Waals surface area contributed by atoms with Gasteiger partial charge < -0.3 is 15.0 Å². The van der Waals surface area contributed by atoms with Gasteiger partial charge in [-0.05, 0) is 48.4 Å². The first-order chi connectivity index (χ1) is 12.0. The highest BCUT2D eigenvalue weighted by atomic mass is 16.5. The molecular formula is C19H18N2O4. The van der Waals surface area contributed by atoms with Crippen LogP contribution in [0.25, 0.3) is 0 Å². The fraction of sp³-hybridized carbons (Fsp3) is 0.211. The molecule has 1 aliphatic heterocycles. The van der Waals surface area contributed by atoms with E-state index in [-0.39, 0.29) is 11.8 Å². The molecule has 1 heterocycles. The van der Waals surface area contributed by atoms with Crippen molar-refractivity contribution in [3.63, 3.8) is 0 Å². The van der Waals surface area contributed by atoms with Gasteiger partial charge in [0.05, 0.1) is 12.7 Å². The molecule has 0 saturated carbocycles. The van der Waals surface area contributed by atoms with E-state index in [0.29, 0.717) is 29.8 Å². The zero-order valence-electron chi connectivity index (χ0n) is 14.0. The lowest BCUT2D eigenvalue weighted by Gasteiger charge is -2.18. The van der Waals surface area contributed by atoms with E-state index < -0.39 is 5.97 Å². The van der Waals surface area contributed by atoms with E-state index in [1.807, 2.05) is 0 Å². The Hall–Kier alpha value is -3.15. The second-order valence-electron chi connectivity index (χ2n) is 5.80. The van der Waals surface area contributed by atoms with Crippen molar-refractivity contribution in [2.24, 2.45) is 0 Å². The average molecular weight is 338 g/mol. The van der Waals surface area contributed by atoms with Crippen LogP contribution in [0.4, 0.5) is 11.4 Å². The maximum atomic E-state index is 12.8. The van der Waals surface area contributed by atoms with Gasteiger partial charge in [0.1, 0.15) is 0 Å². The molecule has 1 aliphatic rings. The lowest BCUT2D eigenvalue weighted by atomic mass is 10.1. The molecule has 0 radical (unpaired) electrons. The van der Waals surface area contributed by atoms with Crippen LogP contribution in [0.1, 0.15) is 33.2 Å². The number of benzene rings is 2. The van der Waals surface area contributed by atoms with E-state index in [0.717, 1.165) is 11.3 Å². The molecule has 2 amide bonds. The maximum Gasteiger partial charge on any atom is 0.337 e. The molecule has 2 aromatic carbocycles. The summed E-state index contributed by atoms with van der Waals surface area (Å²) in [7, 11) is 1.34. The molecule has 0 aromatic heterocycles. The molecule has 1 N–H and O–H groups in total. The molecule has 2 aromatic rings. The topological polar surface area (TPSA) is 75.7 Å². The van der Waals surface area contributed by atoms with Crippen molar-refractivity contribution in [3.8, 4) is 0 Å². The molecular weight excluding hydrogens is 320 g/mol. The number of carbonyl (C=O) groups excluding carboxylic acids is 3. The number of amides is 2. The number of anilines is 2. The molecule has 0 bridgehead atoms. The summed E-state index contributed by atoms with van der Waals surface area (Å²) < 4.78 is 4.73. The van der Waals surface area contributed by atoms with E-state index in [1.165, 1.54) is 14.0 Å². The Bertz CT molecular complexity index is 860. The van der Waals surface area contributed by atoms with E-state index in [1.54, 1.807) is 47.4 Å². The van der Waals surface area contributed by atoms with Crippen molar-refractivity contribution in [3.05, 3.63) is 59.2 Å². The number of nitrogens with one attached hydrogen (secondary N) is 1. The van der Waals surface area contributed by atoms with Gasteiger partial charge in [-0.1, -0.05) is 6.07 Å². The molecule has 0 aliphatic carbocycles. The van der Waals surface area contributed by atoms with Crippen molar-refractivity contribution >= 4 is 29.2 Å². The monoisotopic (exact) mass is 338 g/mol. The van der Waals surface area contributed by atoms with Crippen LogP contribution < -0.4 is 10.2 Å². The SMILES string of the molecule is COC(=O)c1ccc2c(c1)CCN2C(=O)c1cccc(NC(C)=O)c1. The molecule has 0 unspecified atom stereocenters. The molecule has 6 heteroatoms. The highest BCUT2D eigenvalue weighted by molar-refractivity contribution is 6.08. The van der Waals surface area contributed by atoms with Gasteiger partial charge in [-0.15, -0.1) is 0 Å². The van der Waals surface area contributed by atoms with Gasteiger partial charge in [-0.25, -0.2) is 4.79 Å². The quantitative estimate of drug-likeness (QED) is 0.873. The predicted molar refractivity (Wildman–Crippen MR) is 93.9 cm³/mol. The van der Waals surface area contributed by atoms with Crippen molar-refractivity contribution in [1.82, 2.24) is 0 Å². The summed E-state index contributed by atoms with van der Waals surface area (Å²) in [4.78, 5) is 37.3. The van der Waals surface area contributed by atoms with Crippen molar-refractivity contribution in [1.29, 1.82) is 0 Å². The number of hydrogen-bond donors (Lipinski definition) is 1. The number of hydrogen-bond acceptors (Lipinski definition) is 4. The fourth-order valence-electron chi connectivity index (χ4n) is 2.95. The Labute approximate surface area is 145 Å². The fourth-order valence-corrected chi connectivity index (χ4v) is 2.95. The maximum absolute atomic E-state index is 12.8. The molecule has 0 fully saturated rings. The Morgan fingerprint density at radius 1 is 1.08 bits per heavy atom. The Kier molecular flexibility index (Phi) is 4.52. The smallest absolute Gasteiger partial charge is 0.337 e. The van der Waals surface area contributed by atoms with Crippen LogP contribution in [0.3, 0.4) is 0 Å². The highest BCUT2D eigenvalue weighted by Gasteiger charge is 2.26. The van der Waals surface area contributed by atoms with Gasteiger partial charge in [0.25, 0.3) is 5.91 Å². The highest BCUT2D eigenvalue weighted by Crippen LogP contribution is 2.30. The number of methoxy groups -OCH3 is 1. The summed E-state index contributed by atoms with van der Waals surface area (Å²) in [6, 6.07) is 12.0. The third kappa shape index (κ3) is 3.38. The summed E-state index contributed by atoms with van der Waals surface area (Å²) in [5.41, 5.74) is 3.29. The van der Waals surface area contributed by atoms with E-state index >= 15 is 0 Å². The third-order valence-corrected chi connectivity index (χ3v) is 4.07. The zero-order chi connectivity index (χ0) is 18.0. The summed E-state index contributed by atoms with van der Waals surface area (Å²) in [5, 5.41) is 2.68. The molecule has 128 valence electrons. The van der Waals surface area contributed by atoms with E-state index in [4.69, 9.17) is 4.74 Å². The second kappa shape index (κ2) is 6.76.